The molecule has 2 rings (SSSR count). The van der Waals surface area contributed by atoms with Gasteiger partial charge in [0.1, 0.15) is 0 Å². The van der Waals surface area contributed by atoms with Crippen LogP contribution in [0.3, 0.4) is 0 Å². The topological polar surface area (TPSA) is 20.3 Å². The Labute approximate surface area is 98.6 Å². The van der Waals surface area contributed by atoms with E-state index in [1.165, 1.54) is 0 Å². The van der Waals surface area contributed by atoms with Crippen LogP contribution in [0.4, 0.5) is 5.69 Å². The van der Waals surface area contributed by atoms with Crippen LogP contribution in [0.15, 0.2) is 29.2 Å². The van der Waals surface area contributed by atoms with E-state index in [2.05, 4.69) is 0 Å². The first-order valence-corrected chi connectivity index (χ1v) is 6.46. The number of para-hydroxylation sites is 1. The van der Waals surface area contributed by atoms with Crippen molar-refractivity contribution < 1.29 is 4.79 Å². The lowest BCUT2D eigenvalue weighted by atomic mass is 10.3. The molecule has 0 bridgehead atoms. The first kappa shape index (κ1) is 10.8. The molecule has 2 nitrogen and oxygen atoms in total. The summed E-state index contributed by atoms with van der Waals surface area (Å²) in [5.41, 5.74) is 0.984. The van der Waals surface area contributed by atoms with Crippen LogP contribution in [-0.4, -0.2) is 24.1 Å². The molecular formula is C11H12ClNOS. The third-order valence-electron chi connectivity index (χ3n) is 2.45. The van der Waals surface area contributed by atoms with Crippen molar-refractivity contribution in [2.45, 2.75) is 16.7 Å². The minimum Gasteiger partial charge on any atom is -0.310 e. The molecule has 1 heterocycles. The third kappa shape index (κ3) is 2.13. The highest BCUT2D eigenvalue weighted by atomic mass is 35.5. The Kier molecular flexibility index (Phi) is 3.22. The van der Waals surface area contributed by atoms with Crippen molar-refractivity contribution in [3.8, 4) is 0 Å². The number of hydrogen-bond donors (Lipinski definition) is 0. The zero-order valence-corrected chi connectivity index (χ0v) is 10.0. The molecule has 1 aromatic carbocycles. The highest BCUT2D eigenvalue weighted by molar-refractivity contribution is 7.98. The van der Waals surface area contributed by atoms with Gasteiger partial charge in [-0.15, -0.1) is 23.4 Å². The van der Waals surface area contributed by atoms with Crippen molar-refractivity contribution in [2.24, 2.45) is 0 Å². The van der Waals surface area contributed by atoms with Gasteiger partial charge in [0.2, 0.25) is 5.91 Å². The Balaban J connectivity index is 2.33. The van der Waals surface area contributed by atoms with Crippen LogP contribution in [0.5, 0.6) is 0 Å². The van der Waals surface area contributed by atoms with E-state index in [-0.39, 0.29) is 11.3 Å². The zero-order valence-electron chi connectivity index (χ0n) is 8.44. The Morgan fingerprint density at radius 3 is 2.80 bits per heavy atom. The van der Waals surface area contributed by atoms with Gasteiger partial charge in [-0.05, 0) is 18.4 Å². The van der Waals surface area contributed by atoms with Crippen LogP contribution in [0.1, 0.15) is 6.42 Å². The summed E-state index contributed by atoms with van der Waals surface area (Å²) in [5.74, 6) is 0.122. The van der Waals surface area contributed by atoms with Crippen LogP contribution in [0.2, 0.25) is 0 Å². The molecule has 1 aromatic rings. The number of benzene rings is 1. The lowest BCUT2D eigenvalue weighted by molar-refractivity contribution is -0.117. The maximum atomic E-state index is 11.7. The number of hydrogen-bond acceptors (Lipinski definition) is 2. The predicted octanol–water partition coefficient (Wildman–Crippen LogP) is 2.75. The molecule has 1 amide bonds. The molecule has 0 aliphatic carbocycles. The highest BCUT2D eigenvalue weighted by Crippen LogP contribution is 2.32. The number of thioether (sulfide) groups is 1. The summed E-state index contributed by atoms with van der Waals surface area (Å²) in [4.78, 5) is 14.6. The number of amides is 1. The fourth-order valence-corrected chi connectivity index (χ4v) is 2.62. The fourth-order valence-electron chi connectivity index (χ4n) is 1.75. The average molecular weight is 242 g/mol. The Hall–Kier alpha value is -0.670. The summed E-state index contributed by atoms with van der Waals surface area (Å²) < 4.78 is 0. The SMILES string of the molecule is CSc1ccccc1N1CC(Cl)CC1=O. The third-order valence-corrected chi connectivity index (χ3v) is 3.53. The lowest BCUT2D eigenvalue weighted by Crippen LogP contribution is -2.25. The van der Waals surface area contributed by atoms with Crippen LogP contribution in [0.25, 0.3) is 0 Å². The molecule has 4 heteroatoms. The van der Waals surface area contributed by atoms with Gasteiger partial charge in [0.05, 0.1) is 11.1 Å². The fraction of sp³-hybridized carbons (Fsp3) is 0.364. The van der Waals surface area contributed by atoms with Gasteiger partial charge in [-0.1, -0.05) is 12.1 Å². The lowest BCUT2D eigenvalue weighted by Gasteiger charge is -2.18. The number of anilines is 1. The summed E-state index contributed by atoms with van der Waals surface area (Å²) in [6.07, 6.45) is 2.46. The number of carbonyl (C=O) groups excluding carboxylic acids is 1. The normalized spacial score (nSPS) is 21.1. The molecular weight excluding hydrogens is 230 g/mol. The van der Waals surface area contributed by atoms with Crippen LogP contribution in [0, 0.1) is 0 Å². The van der Waals surface area contributed by atoms with Crippen molar-refractivity contribution in [3.05, 3.63) is 24.3 Å². The van der Waals surface area contributed by atoms with Crippen molar-refractivity contribution in [2.75, 3.05) is 17.7 Å². The molecule has 80 valence electrons. The van der Waals surface area contributed by atoms with E-state index in [1.807, 2.05) is 30.5 Å². The van der Waals surface area contributed by atoms with Crippen LogP contribution < -0.4 is 4.90 Å². The molecule has 0 radical (unpaired) electrons. The molecule has 15 heavy (non-hydrogen) atoms. The Morgan fingerprint density at radius 2 is 2.20 bits per heavy atom. The number of carbonyl (C=O) groups is 1. The Bertz CT molecular complexity index is 383. The monoisotopic (exact) mass is 241 g/mol. The summed E-state index contributed by atoms with van der Waals surface area (Å²) in [6, 6.07) is 7.92. The van der Waals surface area contributed by atoms with E-state index in [4.69, 9.17) is 11.6 Å². The van der Waals surface area contributed by atoms with E-state index < -0.39 is 0 Å². The van der Waals surface area contributed by atoms with Gasteiger partial charge >= 0.3 is 0 Å². The number of nitrogens with zero attached hydrogens (tertiary/aromatic N) is 1. The molecule has 0 aromatic heterocycles. The smallest absolute Gasteiger partial charge is 0.228 e. The molecule has 1 aliphatic heterocycles. The molecule has 0 saturated carbocycles. The molecule has 1 unspecified atom stereocenters. The predicted molar refractivity (Wildman–Crippen MR) is 64.8 cm³/mol. The standard InChI is InChI=1S/C11H12ClNOS/c1-15-10-5-3-2-4-9(10)13-7-8(12)6-11(13)14/h2-5,8H,6-7H2,1H3. The van der Waals surface area contributed by atoms with E-state index in [0.29, 0.717) is 13.0 Å². The second-order valence-corrected chi connectivity index (χ2v) is 4.94. The number of rotatable bonds is 2. The van der Waals surface area contributed by atoms with E-state index >= 15 is 0 Å². The van der Waals surface area contributed by atoms with Gasteiger partial charge in [-0.3, -0.25) is 4.79 Å². The summed E-state index contributed by atoms with van der Waals surface area (Å²) in [5, 5.41) is -0.0487. The van der Waals surface area contributed by atoms with Gasteiger partial charge in [-0.25, -0.2) is 0 Å². The summed E-state index contributed by atoms with van der Waals surface area (Å²) in [6.45, 7) is 0.623. The van der Waals surface area contributed by atoms with Gasteiger partial charge in [0.25, 0.3) is 0 Å². The minimum atomic E-state index is -0.0487. The zero-order chi connectivity index (χ0) is 10.8. The first-order valence-electron chi connectivity index (χ1n) is 4.80. The van der Waals surface area contributed by atoms with Crippen molar-refractivity contribution in [1.82, 2.24) is 0 Å². The van der Waals surface area contributed by atoms with Gasteiger partial charge in [0.15, 0.2) is 0 Å². The summed E-state index contributed by atoms with van der Waals surface area (Å²) in [7, 11) is 0. The maximum absolute atomic E-state index is 11.7. The quantitative estimate of drug-likeness (QED) is 0.586. The van der Waals surface area contributed by atoms with Gasteiger partial charge < -0.3 is 4.90 Å². The molecule has 1 saturated heterocycles. The van der Waals surface area contributed by atoms with Gasteiger partial charge in [0, 0.05) is 17.9 Å². The summed E-state index contributed by atoms with van der Waals surface area (Å²) >= 11 is 7.63. The van der Waals surface area contributed by atoms with Crippen molar-refractivity contribution >= 4 is 35.0 Å². The van der Waals surface area contributed by atoms with Gasteiger partial charge in [-0.2, -0.15) is 0 Å². The molecule has 1 atom stereocenters. The number of alkyl halides is 1. The molecule has 1 aliphatic rings. The molecule has 1 fully saturated rings. The second-order valence-electron chi connectivity index (χ2n) is 3.48. The molecule has 0 spiro atoms. The first-order chi connectivity index (χ1) is 7.22. The number of halogens is 1. The van der Waals surface area contributed by atoms with Crippen molar-refractivity contribution in [1.29, 1.82) is 0 Å². The largest absolute Gasteiger partial charge is 0.310 e. The van der Waals surface area contributed by atoms with Crippen LogP contribution >= 0.6 is 23.4 Å². The average Bonchev–Trinajstić information content (AvgIpc) is 2.57. The minimum absolute atomic E-state index is 0.0487. The second kappa shape index (κ2) is 4.45. The molecule has 0 N–H and O–H groups in total. The van der Waals surface area contributed by atoms with Crippen molar-refractivity contribution in [3.63, 3.8) is 0 Å². The van der Waals surface area contributed by atoms with E-state index in [9.17, 15) is 4.79 Å². The van der Waals surface area contributed by atoms with E-state index in [1.54, 1.807) is 16.7 Å². The van der Waals surface area contributed by atoms with E-state index in [0.717, 1.165) is 10.6 Å². The maximum Gasteiger partial charge on any atom is 0.228 e. The van der Waals surface area contributed by atoms with Crippen LogP contribution in [-0.2, 0) is 4.79 Å². The Morgan fingerprint density at radius 1 is 1.47 bits per heavy atom. The highest BCUT2D eigenvalue weighted by Gasteiger charge is 2.30.